The fraction of sp³-hybridized carbons (Fsp3) is 0.529. The van der Waals surface area contributed by atoms with Gasteiger partial charge in [0, 0.05) is 42.5 Å². The molecule has 1 aromatic rings. The van der Waals surface area contributed by atoms with Crippen LogP contribution < -0.4 is 5.32 Å². The van der Waals surface area contributed by atoms with E-state index in [9.17, 15) is 9.59 Å². The molecule has 1 aliphatic rings. The molecule has 2 heterocycles. The van der Waals surface area contributed by atoms with Crippen molar-refractivity contribution in [3.8, 4) is 0 Å². The lowest BCUT2D eigenvalue weighted by Gasteiger charge is -2.35. The van der Waals surface area contributed by atoms with Crippen LogP contribution in [0.25, 0.3) is 0 Å². The first kappa shape index (κ1) is 17.7. The van der Waals surface area contributed by atoms with Crippen LogP contribution in [0.3, 0.4) is 0 Å². The van der Waals surface area contributed by atoms with E-state index in [0.29, 0.717) is 26.2 Å². The zero-order chi connectivity index (χ0) is 16.8. The van der Waals surface area contributed by atoms with Gasteiger partial charge in [0.1, 0.15) is 0 Å². The van der Waals surface area contributed by atoms with Crippen LogP contribution in [0.5, 0.6) is 0 Å². The van der Waals surface area contributed by atoms with Crippen molar-refractivity contribution in [3.05, 3.63) is 34.5 Å². The molecule has 1 saturated heterocycles. The molecule has 0 spiro atoms. The van der Waals surface area contributed by atoms with E-state index in [4.69, 9.17) is 0 Å². The van der Waals surface area contributed by atoms with Gasteiger partial charge in [-0.2, -0.15) is 0 Å². The van der Waals surface area contributed by atoms with Crippen molar-refractivity contribution in [2.45, 2.75) is 19.8 Å². The number of amides is 2. The van der Waals surface area contributed by atoms with E-state index in [1.165, 1.54) is 4.88 Å². The quantitative estimate of drug-likeness (QED) is 0.804. The number of carbonyl (C=O) groups is 2. The predicted molar refractivity (Wildman–Crippen MR) is 93.7 cm³/mol. The molecular weight excluding hydrogens is 310 g/mol. The summed E-state index contributed by atoms with van der Waals surface area (Å²) in [5, 5.41) is 2.78. The van der Waals surface area contributed by atoms with E-state index in [-0.39, 0.29) is 17.7 Å². The topological polar surface area (TPSA) is 52.7 Å². The average molecular weight is 335 g/mol. The molecule has 1 N–H and O–H groups in total. The van der Waals surface area contributed by atoms with E-state index in [2.05, 4.69) is 29.8 Å². The van der Waals surface area contributed by atoms with E-state index in [1.807, 2.05) is 17.9 Å². The van der Waals surface area contributed by atoms with Crippen molar-refractivity contribution < 1.29 is 9.59 Å². The lowest BCUT2D eigenvalue weighted by Crippen LogP contribution is -2.51. The Morgan fingerprint density at radius 3 is 2.61 bits per heavy atom. The van der Waals surface area contributed by atoms with Gasteiger partial charge in [-0.15, -0.1) is 17.9 Å². The highest BCUT2D eigenvalue weighted by atomic mass is 32.1. The molecule has 2 rings (SSSR count). The second kappa shape index (κ2) is 8.26. The number of thiophene rings is 1. The third-order valence-corrected chi connectivity index (χ3v) is 5.24. The average Bonchev–Trinajstić information content (AvgIpc) is 2.98. The van der Waals surface area contributed by atoms with Crippen molar-refractivity contribution >= 4 is 23.2 Å². The monoisotopic (exact) mass is 335 g/mol. The minimum atomic E-state index is -0.0869. The lowest BCUT2D eigenvalue weighted by atomic mass is 10.1. The molecule has 0 radical (unpaired) electrons. The van der Waals surface area contributed by atoms with Crippen molar-refractivity contribution in [3.63, 3.8) is 0 Å². The highest BCUT2D eigenvalue weighted by Crippen LogP contribution is 2.26. The first-order valence-electron chi connectivity index (χ1n) is 7.96. The van der Waals surface area contributed by atoms with Gasteiger partial charge >= 0.3 is 0 Å². The van der Waals surface area contributed by atoms with Gasteiger partial charge in [-0.25, -0.2) is 0 Å². The molecule has 1 aromatic heterocycles. The molecule has 1 aliphatic heterocycles. The van der Waals surface area contributed by atoms with Gasteiger partial charge in [0.15, 0.2) is 0 Å². The van der Waals surface area contributed by atoms with Gasteiger partial charge in [0.05, 0.1) is 12.5 Å². The Balaban J connectivity index is 1.80. The third kappa shape index (κ3) is 4.91. The Morgan fingerprint density at radius 2 is 2.04 bits per heavy atom. The van der Waals surface area contributed by atoms with Crippen LogP contribution in [-0.2, 0) is 9.59 Å². The SMILES string of the molecule is C=CCNC(=O)CN1CCN(C(=O)[C@@H](C)c2ccc(C)s2)CC1. The number of carbonyl (C=O) groups excluding carboxylic acids is 2. The molecule has 0 unspecified atom stereocenters. The maximum atomic E-state index is 12.6. The molecule has 2 amide bonds. The minimum Gasteiger partial charge on any atom is -0.352 e. The molecule has 23 heavy (non-hydrogen) atoms. The van der Waals surface area contributed by atoms with Crippen molar-refractivity contribution in [2.24, 2.45) is 0 Å². The second-order valence-corrected chi connectivity index (χ2v) is 7.18. The molecule has 0 aliphatic carbocycles. The van der Waals surface area contributed by atoms with Gasteiger partial charge < -0.3 is 10.2 Å². The van der Waals surface area contributed by atoms with Gasteiger partial charge in [0.2, 0.25) is 11.8 Å². The summed E-state index contributed by atoms with van der Waals surface area (Å²) in [7, 11) is 0. The summed E-state index contributed by atoms with van der Waals surface area (Å²) in [4.78, 5) is 30.7. The largest absolute Gasteiger partial charge is 0.352 e. The Bertz CT molecular complexity index is 562. The summed E-state index contributed by atoms with van der Waals surface area (Å²) in [6, 6.07) is 4.10. The maximum Gasteiger partial charge on any atom is 0.234 e. The summed E-state index contributed by atoms with van der Waals surface area (Å²) >= 11 is 1.69. The van der Waals surface area contributed by atoms with Crippen molar-refractivity contribution in [2.75, 3.05) is 39.3 Å². The zero-order valence-corrected chi connectivity index (χ0v) is 14.7. The van der Waals surface area contributed by atoms with E-state index >= 15 is 0 Å². The number of hydrogen-bond acceptors (Lipinski definition) is 4. The fourth-order valence-electron chi connectivity index (χ4n) is 2.65. The van der Waals surface area contributed by atoms with Crippen molar-refractivity contribution in [1.82, 2.24) is 15.1 Å². The molecule has 0 bridgehead atoms. The normalized spacial score (nSPS) is 16.9. The van der Waals surface area contributed by atoms with Crippen LogP contribution in [-0.4, -0.2) is 60.9 Å². The third-order valence-electron chi connectivity index (χ3n) is 4.05. The Kier molecular flexibility index (Phi) is 6.36. The highest BCUT2D eigenvalue weighted by Gasteiger charge is 2.27. The van der Waals surface area contributed by atoms with E-state index < -0.39 is 0 Å². The lowest BCUT2D eigenvalue weighted by molar-refractivity contribution is -0.134. The van der Waals surface area contributed by atoms with Crippen LogP contribution in [0.4, 0.5) is 0 Å². The van der Waals surface area contributed by atoms with Gasteiger partial charge in [-0.3, -0.25) is 14.5 Å². The Hall–Kier alpha value is -1.66. The first-order chi connectivity index (χ1) is 11.0. The molecule has 6 heteroatoms. The molecule has 5 nitrogen and oxygen atoms in total. The second-order valence-electron chi connectivity index (χ2n) is 5.86. The number of nitrogens with one attached hydrogen (secondary N) is 1. The summed E-state index contributed by atoms with van der Waals surface area (Å²) in [5.41, 5.74) is 0. The molecule has 0 aromatic carbocycles. The fourth-order valence-corrected chi connectivity index (χ4v) is 3.57. The predicted octanol–water partition coefficient (Wildman–Crippen LogP) is 1.61. The maximum absolute atomic E-state index is 12.6. The van der Waals surface area contributed by atoms with Gasteiger partial charge in [-0.1, -0.05) is 6.08 Å². The number of nitrogens with zero attached hydrogens (tertiary/aromatic N) is 2. The highest BCUT2D eigenvalue weighted by molar-refractivity contribution is 7.12. The summed E-state index contributed by atoms with van der Waals surface area (Å²) < 4.78 is 0. The van der Waals surface area contributed by atoms with Crippen LogP contribution in [0.1, 0.15) is 22.6 Å². The number of piperazine rings is 1. The Morgan fingerprint density at radius 1 is 1.35 bits per heavy atom. The standard InChI is InChI=1S/C17H25N3O2S/c1-4-7-18-16(21)12-19-8-10-20(11-9-19)17(22)14(3)15-6-5-13(2)23-15/h4-6,14H,1,7-12H2,2-3H3,(H,18,21)/t14-/m0/s1. The molecule has 1 fully saturated rings. The number of aryl methyl sites for hydroxylation is 1. The van der Waals surface area contributed by atoms with Crippen molar-refractivity contribution in [1.29, 1.82) is 0 Å². The van der Waals surface area contributed by atoms with E-state index in [1.54, 1.807) is 17.4 Å². The first-order valence-corrected chi connectivity index (χ1v) is 8.78. The minimum absolute atomic E-state index is 0.00658. The summed E-state index contributed by atoms with van der Waals surface area (Å²) in [6.45, 7) is 11.3. The molecule has 1 atom stereocenters. The zero-order valence-electron chi connectivity index (χ0n) is 13.9. The number of hydrogen-bond donors (Lipinski definition) is 1. The number of rotatable bonds is 6. The van der Waals surface area contributed by atoms with E-state index in [0.717, 1.165) is 18.0 Å². The Labute approximate surface area is 142 Å². The summed E-state index contributed by atoms with van der Waals surface area (Å²) in [5.74, 6) is 0.103. The molecular formula is C17H25N3O2S. The van der Waals surface area contributed by atoms with Crippen LogP contribution in [0.15, 0.2) is 24.8 Å². The van der Waals surface area contributed by atoms with Gasteiger partial charge in [-0.05, 0) is 26.0 Å². The van der Waals surface area contributed by atoms with Gasteiger partial charge in [0.25, 0.3) is 0 Å². The molecule has 0 saturated carbocycles. The van der Waals surface area contributed by atoms with Crippen LogP contribution in [0, 0.1) is 6.92 Å². The van der Waals surface area contributed by atoms with Crippen LogP contribution >= 0.6 is 11.3 Å². The molecule has 126 valence electrons. The van der Waals surface area contributed by atoms with Crippen LogP contribution in [0.2, 0.25) is 0 Å². The smallest absolute Gasteiger partial charge is 0.234 e. The summed E-state index contributed by atoms with van der Waals surface area (Å²) in [6.07, 6.45) is 1.67.